The zero-order chi connectivity index (χ0) is 23.0. The Morgan fingerprint density at radius 3 is 1.61 bits per heavy atom. The normalized spacial score (nSPS) is 53.6. The third-order valence-corrected chi connectivity index (χ3v) is 6.07. The van der Waals surface area contributed by atoms with Crippen LogP contribution in [0.15, 0.2) is 0 Å². The molecule has 14 atom stereocenters. The van der Waals surface area contributed by atoms with Crippen LogP contribution in [-0.2, 0) is 18.9 Å². The van der Waals surface area contributed by atoms with Crippen LogP contribution in [0.25, 0.3) is 0 Å². The molecular formula is C17H33N3O11. The maximum atomic E-state index is 10.8. The van der Waals surface area contributed by atoms with E-state index in [2.05, 4.69) is 0 Å². The van der Waals surface area contributed by atoms with E-state index in [1.54, 1.807) is 0 Å². The van der Waals surface area contributed by atoms with E-state index in [1.807, 2.05) is 0 Å². The van der Waals surface area contributed by atoms with Gasteiger partial charge in [-0.3, -0.25) is 0 Å². The van der Waals surface area contributed by atoms with Gasteiger partial charge in [0, 0.05) is 12.1 Å². The Balaban J connectivity index is 1.70. The van der Waals surface area contributed by atoms with Crippen molar-refractivity contribution in [3.8, 4) is 0 Å². The van der Waals surface area contributed by atoms with E-state index in [1.165, 1.54) is 0 Å². The maximum Gasteiger partial charge on any atom is 0.187 e. The van der Waals surface area contributed by atoms with Gasteiger partial charge in [0.05, 0.1) is 19.3 Å². The van der Waals surface area contributed by atoms with E-state index in [4.69, 9.17) is 36.1 Å². The molecule has 0 aromatic carbocycles. The van der Waals surface area contributed by atoms with Crippen LogP contribution in [0.2, 0.25) is 0 Å². The Kier molecular flexibility index (Phi) is 8.21. The Labute approximate surface area is 178 Å². The predicted molar refractivity (Wildman–Crippen MR) is 99.8 cm³/mol. The number of rotatable bonds is 6. The summed E-state index contributed by atoms with van der Waals surface area (Å²) in [5.74, 6) is 0. The Morgan fingerprint density at radius 1 is 0.645 bits per heavy atom. The topological polar surface area (TPSA) is 257 Å². The molecule has 0 bridgehead atoms. The van der Waals surface area contributed by atoms with Gasteiger partial charge < -0.3 is 71.9 Å². The number of nitrogens with two attached hydrogens (primary N) is 3. The van der Waals surface area contributed by atoms with Crippen molar-refractivity contribution in [2.45, 2.75) is 92.1 Å². The molecule has 14 nitrogen and oxygen atoms in total. The van der Waals surface area contributed by atoms with Gasteiger partial charge in [0.2, 0.25) is 0 Å². The molecule has 0 amide bonds. The molecule has 2 aliphatic heterocycles. The Hall–Kier alpha value is -0.560. The molecule has 3 fully saturated rings. The summed E-state index contributed by atoms with van der Waals surface area (Å²) < 4.78 is 22.0. The highest BCUT2D eigenvalue weighted by atomic mass is 16.7. The molecule has 31 heavy (non-hydrogen) atoms. The highest BCUT2D eigenvalue weighted by Crippen LogP contribution is 2.31. The fourth-order valence-electron chi connectivity index (χ4n) is 4.15. The van der Waals surface area contributed by atoms with Crippen LogP contribution in [0, 0.1) is 0 Å². The lowest BCUT2D eigenvalue weighted by atomic mass is 9.84. The zero-order valence-corrected chi connectivity index (χ0v) is 16.7. The highest BCUT2D eigenvalue weighted by Gasteiger charge is 2.51. The minimum absolute atomic E-state index is 0.123. The van der Waals surface area contributed by atoms with Crippen LogP contribution in [-0.4, -0.2) is 135 Å². The van der Waals surface area contributed by atoms with E-state index in [9.17, 15) is 35.7 Å². The first-order valence-corrected chi connectivity index (χ1v) is 10.1. The fourth-order valence-corrected chi connectivity index (χ4v) is 4.15. The second-order valence-corrected chi connectivity index (χ2v) is 8.25. The minimum Gasteiger partial charge on any atom is -0.394 e. The Bertz CT molecular complexity index is 590. The van der Waals surface area contributed by atoms with E-state index in [0.717, 1.165) is 0 Å². The molecule has 182 valence electrons. The van der Waals surface area contributed by atoms with Crippen LogP contribution in [0.3, 0.4) is 0 Å². The summed E-state index contributed by atoms with van der Waals surface area (Å²) in [5.41, 5.74) is 18.0. The van der Waals surface area contributed by atoms with Gasteiger partial charge in [-0.15, -0.1) is 0 Å². The average Bonchev–Trinajstić information content (AvgIpc) is 3.01. The second kappa shape index (κ2) is 10.1. The molecule has 0 radical (unpaired) electrons. The summed E-state index contributed by atoms with van der Waals surface area (Å²) in [4.78, 5) is 0. The van der Waals surface area contributed by atoms with Gasteiger partial charge in [0.15, 0.2) is 12.6 Å². The van der Waals surface area contributed by atoms with E-state index >= 15 is 0 Å². The first kappa shape index (κ1) is 25.1. The molecule has 2 saturated heterocycles. The van der Waals surface area contributed by atoms with Gasteiger partial charge in [-0.2, -0.15) is 0 Å². The van der Waals surface area contributed by atoms with Crippen LogP contribution in [0.1, 0.15) is 6.42 Å². The van der Waals surface area contributed by atoms with Crippen molar-refractivity contribution in [3.05, 3.63) is 0 Å². The number of aliphatic hydroxyl groups is 7. The maximum absolute atomic E-state index is 10.8. The number of ether oxygens (including phenoxy) is 4. The molecule has 14 heteroatoms. The van der Waals surface area contributed by atoms with Gasteiger partial charge >= 0.3 is 0 Å². The van der Waals surface area contributed by atoms with E-state index < -0.39 is 98.9 Å². The fraction of sp³-hybridized carbons (Fsp3) is 1.00. The van der Waals surface area contributed by atoms with Gasteiger partial charge in [-0.1, -0.05) is 0 Å². The summed E-state index contributed by atoms with van der Waals surface area (Å²) in [6.07, 6.45) is -14.3. The van der Waals surface area contributed by atoms with Crippen LogP contribution < -0.4 is 17.2 Å². The first-order chi connectivity index (χ1) is 14.6. The smallest absolute Gasteiger partial charge is 0.187 e. The molecule has 13 N–H and O–H groups in total. The van der Waals surface area contributed by atoms with Gasteiger partial charge in [-0.05, 0) is 6.42 Å². The van der Waals surface area contributed by atoms with Crippen LogP contribution in [0.4, 0.5) is 0 Å². The Morgan fingerprint density at radius 2 is 1.10 bits per heavy atom. The number of hydrogen-bond acceptors (Lipinski definition) is 14. The van der Waals surface area contributed by atoms with Crippen molar-refractivity contribution in [3.63, 3.8) is 0 Å². The molecule has 1 saturated carbocycles. The summed E-state index contributed by atoms with van der Waals surface area (Å²) in [7, 11) is 0. The molecule has 6 unspecified atom stereocenters. The molecule has 0 aromatic rings. The number of aliphatic hydroxyl groups excluding tert-OH is 7. The average molecular weight is 455 g/mol. The summed E-state index contributed by atoms with van der Waals surface area (Å²) in [5, 5.41) is 69.3. The van der Waals surface area contributed by atoms with Gasteiger partial charge in [-0.25, -0.2) is 0 Å². The van der Waals surface area contributed by atoms with Crippen molar-refractivity contribution in [1.82, 2.24) is 0 Å². The third kappa shape index (κ3) is 4.87. The minimum atomic E-state index is -1.48. The largest absolute Gasteiger partial charge is 0.394 e. The lowest BCUT2D eigenvalue weighted by Crippen LogP contribution is -2.67. The lowest BCUT2D eigenvalue weighted by Gasteiger charge is -2.46. The first-order valence-electron chi connectivity index (χ1n) is 10.1. The molecule has 1 aliphatic carbocycles. The van der Waals surface area contributed by atoms with E-state index in [0.29, 0.717) is 0 Å². The zero-order valence-electron chi connectivity index (χ0n) is 16.7. The molecule has 3 rings (SSSR count). The summed E-state index contributed by atoms with van der Waals surface area (Å²) in [6, 6.07) is -2.78. The monoisotopic (exact) mass is 455 g/mol. The summed E-state index contributed by atoms with van der Waals surface area (Å²) >= 11 is 0. The molecule has 0 spiro atoms. The number of hydrogen-bond donors (Lipinski definition) is 10. The van der Waals surface area contributed by atoms with Crippen molar-refractivity contribution in [1.29, 1.82) is 0 Å². The van der Waals surface area contributed by atoms with Crippen molar-refractivity contribution < 1.29 is 54.7 Å². The molecule has 3 aliphatic rings. The van der Waals surface area contributed by atoms with Crippen molar-refractivity contribution in [2.24, 2.45) is 17.2 Å². The second-order valence-electron chi connectivity index (χ2n) is 8.25. The molecular weight excluding hydrogens is 422 g/mol. The quantitative estimate of drug-likeness (QED) is 0.179. The summed E-state index contributed by atoms with van der Waals surface area (Å²) in [6.45, 7) is -1.16. The lowest BCUT2D eigenvalue weighted by molar-refractivity contribution is -0.302. The van der Waals surface area contributed by atoms with E-state index in [-0.39, 0.29) is 6.42 Å². The van der Waals surface area contributed by atoms with Gasteiger partial charge in [0.1, 0.15) is 54.9 Å². The SMILES string of the molecule is NC1CC(N)[C@@H](O[C@H]2OC(CO)[C@@H](O)C(O)[C@@H]2N)C(O)[C@@H]1O[C@@H]1O[C@H](CO)[C@H](O)C1O. The third-order valence-electron chi connectivity index (χ3n) is 6.07. The predicted octanol–water partition coefficient (Wildman–Crippen LogP) is -6.62. The van der Waals surface area contributed by atoms with Crippen molar-refractivity contribution >= 4 is 0 Å². The van der Waals surface area contributed by atoms with Crippen molar-refractivity contribution in [2.75, 3.05) is 13.2 Å². The van der Waals surface area contributed by atoms with Gasteiger partial charge in [0.25, 0.3) is 0 Å². The standard InChI is InChI=1S/C17H33N3O11/c18-4-1-5(19)15(31-17-12(26)10(24)7(3-22)29-17)13(27)14(4)30-16-8(20)11(25)9(23)6(2-21)28-16/h4-17,21-27H,1-3,18-20H2/t4?,5?,6?,7-,8+,9-,10+,11?,12?,13?,14-,15-,16-,17+/m1/s1. The van der Waals surface area contributed by atoms with Crippen LogP contribution >= 0.6 is 0 Å². The van der Waals surface area contributed by atoms with Crippen LogP contribution in [0.5, 0.6) is 0 Å². The molecule has 0 aromatic heterocycles. The highest BCUT2D eigenvalue weighted by molar-refractivity contribution is 5.01. The molecule has 2 heterocycles.